The number of rotatable bonds is 2. The van der Waals surface area contributed by atoms with Crippen molar-refractivity contribution in [2.45, 2.75) is 5.03 Å². The summed E-state index contributed by atoms with van der Waals surface area (Å²) >= 11 is 1.32. The molecule has 0 saturated carbocycles. The topological polar surface area (TPSA) is 75.6 Å². The molecule has 18 heavy (non-hydrogen) atoms. The molecule has 0 bridgehead atoms. The first kappa shape index (κ1) is 12.3. The van der Waals surface area contributed by atoms with Crippen molar-refractivity contribution in [1.82, 2.24) is 9.97 Å². The van der Waals surface area contributed by atoms with Crippen LogP contribution >= 0.6 is 11.8 Å². The van der Waals surface area contributed by atoms with Gasteiger partial charge in [-0.05, 0) is 30.5 Å². The Bertz CT molecular complexity index is 619. The summed E-state index contributed by atoms with van der Waals surface area (Å²) in [5.74, 6) is -0.248. The third kappa shape index (κ3) is 2.26. The Labute approximate surface area is 108 Å². The molecule has 90 valence electrons. The number of nitrogen functional groups attached to an aromatic ring is 1. The minimum atomic E-state index is -0.343. The average molecular weight is 260 g/mol. The maximum atomic E-state index is 12.9. The van der Waals surface area contributed by atoms with Crippen molar-refractivity contribution in [2.24, 2.45) is 0 Å². The monoisotopic (exact) mass is 260 g/mol. The van der Waals surface area contributed by atoms with Gasteiger partial charge in [0.15, 0.2) is 0 Å². The van der Waals surface area contributed by atoms with Gasteiger partial charge in [-0.1, -0.05) is 0 Å². The van der Waals surface area contributed by atoms with Gasteiger partial charge in [-0.25, -0.2) is 14.4 Å². The van der Waals surface area contributed by atoms with Gasteiger partial charge < -0.3 is 5.73 Å². The Balaban J connectivity index is 2.67. The smallest absolute Gasteiger partial charge is 0.221 e. The summed E-state index contributed by atoms with van der Waals surface area (Å²) in [4.78, 5) is 8.06. The Kier molecular flexibility index (Phi) is 3.44. The Morgan fingerprint density at radius 1 is 1.28 bits per heavy atom. The van der Waals surface area contributed by atoms with Crippen molar-refractivity contribution in [3.8, 4) is 17.3 Å². The lowest BCUT2D eigenvalue weighted by molar-refractivity contribution is 0.628. The van der Waals surface area contributed by atoms with Gasteiger partial charge in [0.1, 0.15) is 22.5 Å². The first-order valence-electron chi connectivity index (χ1n) is 5.03. The standard InChI is InChI=1S/C12H9FN4S/c1-18-11-9(6-14)10(16-12(15)17-11)7-2-4-8(13)5-3-7/h2-5H,1H3,(H2,15,16,17). The first-order valence-corrected chi connectivity index (χ1v) is 6.25. The molecular formula is C12H9FN4S. The lowest BCUT2D eigenvalue weighted by Gasteiger charge is -2.07. The van der Waals surface area contributed by atoms with Gasteiger partial charge in [-0.2, -0.15) is 5.26 Å². The van der Waals surface area contributed by atoms with E-state index in [1.54, 1.807) is 18.4 Å². The fourth-order valence-corrected chi connectivity index (χ4v) is 2.05. The van der Waals surface area contributed by atoms with Gasteiger partial charge in [-0.15, -0.1) is 11.8 Å². The maximum absolute atomic E-state index is 12.9. The molecule has 0 saturated heterocycles. The molecule has 2 aromatic rings. The molecule has 0 aliphatic heterocycles. The Morgan fingerprint density at radius 3 is 2.50 bits per heavy atom. The number of hydrogen-bond donors (Lipinski definition) is 1. The van der Waals surface area contributed by atoms with Crippen LogP contribution in [0.4, 0.5) is 10.3 Å². The minimum Gasteiger partial charge on any atom is -0.368 e. The lowest BCUT2D eigenvalue weighted by atomic mass is 10.1. The number of anilines is 1. The van der Waals surface area contributed by atoms with E-state index in [1.807, 2.05) is 0 Å². The van der Waals surface area contributed by atoms with Crippen molar-refractivity contribution < 1.29 is 4.39 Å². The second kappa shape index (κ2) is 5.02. The molecule has 0 aliphatic carbocycles. The highest BCUT2D eigenvalue weighted by atomic mass is 32.2. The van der Waals surface area contributed by atoms with Crippen molar-refractivity contribution in [3.05, 3.63) is 35.6 Å². The molecule has 0 amide bonds. The van der Waals surface area contributed by atoms with Crippen LogP contribution in [0, 0.1) is 17.1 Å². The van der Waals surface area contributed by atoms with Crippen molar-refractivity contribution in [3.63, 3.8) is 0 Å². The number of aromatic nitrogens is 2. The summed E-state index contributed by atoms with van der Waals surface area (Å²) in [5, 5.41) is 9.70. The molecule has 0 aliphatic rings. The SMILES string of the molecule is CSc1nc(N)nc(-c2ccc(F)cc2)c1C#N. The van der Waals surface area contributed by atoms with E-state index in [-0.39, 0.29) is 11.8 Å². The largest absolute Gasteiger partial charge is 0.368 e. The Morgan fingerprint density at radius 2 is 1.94 bits per heavy atom. The number of benzene rings is 1. The van der Waals surface area contributed by atoms with E-state index in [9.17, 15) is 9.65 Å². The molecule has 0 unspecified atom stereocenters. The van der Waals surface area contributed by atoms with Gasteiger partial charge in [0.25, 0.3) is 0 Å². The quantitative estimate of drug-likeness (QED) is 0.663. The van der Waals surface area contributed by atoms with Crippen molar-refractivity contribution >= 4 is 17.7 Å². The molecule has 0 atom stereocenters. The highest BCUT2D eigenvalue weighted by molar-refractivity contribution is 7.98. The molecule has 6 heteroatoms. The Hall–Kier alpha value is -2.13. The fourth-order valence-electron chi connectivity index (χ4n) is 1.52. The first-order chi connectivity index (χ1) is 8.65. The minimum absolute atomic E-state index is 0.0951. The summed E-state index contributed by atoms with van der Waals surface area (Å²) in [5.41, 5.74) is 7.02. The van der Waals surface area contributed by atoms with Gasteiger partial charge >= 0.3 is 0 Å². The fraction of sp³-hybridized carbons (Fsp3) is 0.0833. The van der Waals surface area contributed by atoms with Crippen molar-refractivity contribution in [1.29, 1.82) is 5.26 Å². The number of halogens is 1. The van der Waals surface area contributed by atoms with Crippen LogP contribution in [0.1, 0.15) is 5.56 Å². The number of hydrogen-bond acceptors (Lipinski definition) is 5. The molecule has 1 aromatic carbocycles. The molecule has 2 N–H and O–H groups in total. The van der Waals surface area contributed by atoms with Crippen molar-refractivity contribution in [2.75, 3.05) is 12.0 Å². The van der Waals surface area contributed by atoms with Gasteiger partial charge in [0.2, 0.25) is 5.95 Å². The molecule has 0 radical (unpaired) electrons. The van der Waals surface area contributed by atoms with Crippen LogP contribution in [-0.2, 0) is 0 Å². The van der Waals surface area contributed by atoms with E-state index in [0.717, 1.165) is 0 Å². The summed E-state index contributed by atoms with van der Waals surface area (Å²) in [6.07, 6.45) is 1.80. The van der Waals surface area contributed by atoms with E-state index >= 15 is 0 Å². The van der Waals surface area contributed by atoms with E-state index in [0.29, 0.717) is 21.8 Å². The predicted octanol–water partition coefficient (Wildman–Crippen LogP) is 2.46. The second-order valence-corrected chi connectivity index (χ2v) is 4.23. The molecular weight excluding hydrogens is 251 g/mol. The molecule has 4 nitrogen and oxygen atoms in total. The van der Waals surface area contributed by atoms with Crippen LogP contribution in [0.25, 0.3) is 11.3 Å². The highest BCUT2D eigenvalue weighted by Crippen LogP contribution is 2.28. The number of thioether (sulfide) groups is 1. The van der Waals surface area contributed by atoms with Crippen LogP contribution in [-0.4, -0.2) is 16.2 Å². The predicted molar refractivity (Wildman–Crippen MR) is 68.3 cm³/mol. The summed E-state index contributed by atoms with van der Waals surface area (Å²) in [6.45, 7) is 0. The molecule has 0 fully saturated rings. The summed E-state index contributed by atoms with van der Waals surface area (Å²) < 4.78 is 12.9. The maximum Gasteiger partial charge on any atom is 0.221 e. The van der Waals surface area contributed by atoms with E-state index in [1.165, 1.54) is 23.9 Å². The van der Waals surface area contributed by atoms with E-state index in [4.69, 9.17) is 5.73 Å². The zero-order valence-corrected chi connectivity index (χ0v) is 10.3. The second-order valence-electron chi connectivity index (χ2n) is 3.43. The highest BCUT2D eigenvalue weighted by Gasteiger charge is 2.14. The number of nitrogens with two attached hydrogens (primary N) is 1. The third-order valence-electron chi connectivity index (χ3n) is 2.32. The van der Waals surface area contributed by atoms with Crippen LogP contribution in [0.2, 0.25) is 0 Å². The zero-order valence-electron chi connectivity index (χ0n) is 9.51. The number of nitrogens with zero attached hydrogens (tertiary/aromatic N) is 3. The van der Waals surface area contributed by atoms with Gasteiger partial charge in [0, 0.05) is 5.56 Å². The molecule has 1 heterocycles. The van der Waals surface area contributed by atoms with E-state index < -0.39 is 0 Å². The lowest BCUT2D eigenvalue weighted by Crippen LogP contribution is -2.02. The summed E-state index contributed by atoms with van der Waals surface area (Å²) in [6, 6.07) is 7.80. The summed E-state index contributed by atoms with van der Waals surface area (Å²) in [7, 11) is 0. The van der Waals surface area contributed by atoms with Crippen LogP contribution in [0.5, 0.6) is 0 Å². The molecule has 0 spiro atoms. The van der Waals surface area contributed by atoms with E-state index in [2.05, 4.69) is 16.0 Å². The zero-order chi connectivity index (χ0) is 13.1. The number of nitriles is 1. The van der Waals surface area contributed by atoms with Crippen LogP contribution in [0.15, 0.2) is 29.3 Å². The van der Waals surface area contributed by atoms with Crippen LogP contribution < -0.4 is 5.73 Å². The third-order valence-corrected chi connectivity index (χ3v) is 3.00. The molecule has 2 rings (SSSR count). The van der Waals surface area contributed by atoms with Gasteiger partial charge in [-0.3, -0.25) is 0 Å². The van der Waals surface area contributed by atoms with Gasteiger partial charge in [0.05, 0.1) is 5.69 Å². The normalized spacial score (nSPS) is 10.1. The average Bonchev–Trinajstić information content (AvgIpc) is 2.38. The molecule has 1 aromatic heterocycles. The van der Waals surface area contributed by atoms with Crippen LogP contribution in [0.3, 0.4) is 0 Å².